The molecule has 1 N–H and O–H groups in total. The number of hydrogen-bond acceptors (Lipinski definition) is 4. The van der Waals surface area contributed by atoms with Crippen LogP contribution in [0.1, 0.15) is 11.1 Å². The molecule has 0 radical (unpaired) electrons. The van der Waals surface area contributed by atoms with Gasteiger partial charge in [0.05, 0.1) is 10.6 Å². The van der Waals surface area contributed by atoms with Crippen molar-refractivity contribution in [3.05, 3.63) is 112 Å². The van der Waals surface area contributed by atoms with Gasteiger partial charge in [-0.25, -0.2) is 4.99 Å². The summed E-state index contributed by atoms with van der Waals surface area (Å²) in [6.07, 6.45) is 1.84. The van der Waals surface area contributed by atoms with Gasteiger partial charge in [-0.3, -0.25) is 4.79 Å². The van der Waals surface area contributed by atoms with Gasteiger partial charge in [0.25, 0.3) is 5.91 Å². The first kappa shape index (κ1) is 21.3. The maximum Gasteiger partial charge on any atom is 0.264 e. The number of benzene rings is 4. The first-order valence-corrected chi connectivity index (χ1v) is 11.6. The molecule has 1 aliphatic heterocycles. The zero-order valence-electron chi connectivity index (χ0n) is 17.5. The number of rotatable bonds is 5. The van der Waals surface area contributed by atoms with E-state index in [-0.39, 0.29) is 5.91 Å². The lowest BCUT2D eigenvalue weighted by Crippen LogP contribution is -2.19. The van der Waals surface area contributed by atoms with E-state index in [1.165, 1.54) is 22.5 Å². The summed E-state index contributed by atoms with van der Waals surface area (Å²) in [6.45, 7) is 0.489. The lowest BCUT2D eigenvalue weighted by Gasteiger charge is -2.09. The molecule has 162 valence electrons. The highest BCUT2D eigenvalue weighted by Crippen LogP contribution is 2.29. The Labute approximate surface area is 201 Å². The summed E-state index contributed by atoms with van der Waals surface area (Å²) in [4.78, 5) is 17.4. The van der Waals surface area contributed by atoms with Crippen LogP contribution in [0, 0.1) is 0 Å². The molecule has 4 aromatic rings. The van der Waals surface area contributed by atoms with Gasteiger partial charge >= 0.3 is 0 Å². The third kappa shape index (κ3) is 5.11. The maximum absolute atomic E-state index is 12.3. The van der Waals surface area contributed by atoms with Crippen LogP contribution in [0.4, 0.5) is 5.69 Å². The minimum Gasteiger partial charge on any atom is -0.489 e. The van der Waals surface area contributed by atoms with Crippen LogP contribution >= 0.6 is 23.4 Å². The minimum absolute atomic E-state index is 0.169. The monoisotopic (exact) mass is 470 g/mol. The number of aliphatic imine (C=N–C) groups is 1. The first-order chi connectivity index (χ1) is 16.1. The number of fused-ring (bicyclic) bond motifs is 1. The fraction of sp³-hybridized carbons (Fsp3) is 0.0370. The molecular weight excluding hydrogens is 452 g/mol. The Morgan fingerprint density at radius 2 is 1.73 bits per heavy atom. The Balaban J connectivity index is 1.26. The number of carbonyl (C=O) groups is 1. The van der Waals surface area contributed by atoms with E-state index in [2.05, 4.69) is 34.6 Å². The Morgan fingerprint density at radius 1 is 0.939 bits per heavy atom. The first-order valence-electron chi connectivity index (χ1n) is 10.4. The van der Waals surface area contributed by atoms with Crippen LogP contribution in [0.25, 0.3) is 16.8 Å². The molecule has 1 fully saturated rings. The summed E-state index contributed by atoms with van der Waals surface area (Å²) in [5.74, 6) is 0.605. The molecule has 0 atom stereocenters. The normalized spacial score (nSPS) is 15.8. The van der Waals surface area contributed by atoms with Gasteiger partial charge in [0.1, 0.15) is 12.4 Å². The standard InChI is InChI=1S/C27H19ClN2O2S/c28-21-8-4-9-22(16-21)29-27-30-26(31)25(33-27)15-18-11-13-23(14-12-18)32-17-20-7-3-6-19-5-1-2-10-24(19)20/h1-16H,17H2,(H,29,30,31)/b25-15+. The van der Waals surface area contributed by atoms with Crippen molar-refractivity contribution in [2.45, 2.75) is 6.61 Å². The van der Waals surface area contributed by atoms with E-state index in [1.54, 1.807) is 12.1 Å². The van der Waals surface area contributed by atoms with Crippen molar-refractivity contribution in [3.63, 3.8) is 0 Å². The van der Waals surface area contributed by atoms with Crippen LogP contribution in [0.5, 0.6) is 5.75 Å². The second kappa shape index (κ2) is 9.53. The summed E-state index contributed by atoms with van der Waals surface area (Å²) in [5.41, 5.74) is 2.75. The fourth-order valence-corrected chi connectivity index (χ4v) is 4.56. The van der Waals surface area contributed by atoms with Crippen LogP contribution in [0.15, 0.2) is 101 Å². The van der Waals surface area contributed by atoms with Gasteiger partial charge in [-0.15, -0.1) is 0 Å². The summed E-state index contributed by atoms with van der Waals surface area (Å²) < 4.78 is 6.00. The van der Waals surface area contributed by atoms with Crippen molar-refractivity contribution in [1.82, 2.24) is 5.32 Å². The SMILES string of the molecule is O=C1NC(=Nc2cccc(Cl)c2)S/C1=C/c1ccc(OCc2cccc3ccccc23)cc1. The second-order valence-electron chi connectivity index (χ2n) is 7.46. The Hall–Kier alpha value is -3.54. The fourth-order valence-electron chi connectivity index (χ4n) is 3.53. The van der Waals surface area contributed by atoms with E-state index >= 15 is 0 Å². The Morgan fingerprint density at radius 3 is 2.58 bits per heavy atom. The van der Waals surface area contributed by atoms with Gasteiger partial charge in [-0.05, 0) is 70.1 Å². The molecule has 4 nitrogen and oxygen atoms in total. The number of nitrogens with zero attached hydrogens (tertiary/aromatic N) is 1. The predicted octanol–water partition coefficient (Wildman–Crippen LogP) is 6.96. The zero-order valence-corrected chi connectivity index (χ0v) is 19.1. The Bertz CT molecular complexity index is 1390. The topological polar surface area (TPSA) is 50.7 Å². The van der Waals surface area contributed by atoms with Crippen molar-refractivity contribution in [2.75, 3.05) is 0 Å². The molecule has 0 bridgehead atoms. The zero-order chi connectivity index (χ0) is 22.6. The van der Waals surface area contributed by atoms with Crippen LogP contribution < -0.4 is 10.1 Å². The number of thioether (sulfide) groups is 1. The highest BCUT2D eigenvalue weighted by Gasteiger charge is 2.23. The molecule has 5 rings (SSSR count). The summed E-state index contributed by atoms with van der Waals surface area (Å²) in [6, 6.07) is 29.4. The maximum atomic E-state index is 12.3. The third-order valence-corrected chi connectivity index (χ3v) is 6.29. The number of ether oxygens (including phenoxy) is 1. The number of carbonyl (C=O) groups excluding carboxylic acids is 1. The van der Waals surface area contributed by atoms with Crippen molar-refractivity contribution < 1.29 is 9.53 Å². The molecular formula is C27H19ClN2O2S. The molecule has 6 heteroatoms. The van der Waals surface area contributed by atoms with Crippen molar-refractivity contribution in [2.24, 2.45) is 4.99 Å². The smallest absolute Gasteiger partial charge is 0.264 e. The second-order valence-corrected chi connectivity index (χ2v) is 8.92. The minimum atomic E-state index is -0.169. The molecule has 1 saturated heterocycles. The molecule has 4 aromatic carbocycles. The molecule has 1 heterocycles. The van der Waals surface area contributed by atoms with Crippen LogP contribution in [-0.4, -0.2) is 11.1 Å². The molecule has 0 aliphatic carbocycles. The van der Waals surface area contributed by atoms with E-state index in [0.717, 1.165) is 16.9 Å². The molecule has 0 spiro atoms. The quantitative estimate of drug-likeness (QED) is 0.320. The number of nitrogens with one attached hydrogen (secondary N) is 1. The highest BCUT2D eigenvalue weighted by atomic mass is 35.5. The summed E-state index contributed by atoms with van der Waals surface area (Å²) in [5, 5.41) is 6.32. The third-order valence-electron chi connectivity index (χ3n) is 5.14. The average Bonchev–Trinajstić information content (AvgIpc) is 3.17. The van der Waals surface area contributed by atoms with Crippen LogP contribution in [0.3, 0.4) is 0 Å². The highest BCUT2D eigenvalue weighted by molar-refractivity contribution is 8.18. The molecule has 0 saturated carbocycles. The summed E-state index contributed by atoms with van der Waals surface area (Å²) >= 11 is 7.31. The lowest BCUT2D eigenvalue weighted by molar-refractivity contribution is -0.115. The van der Waals surface area contributed by atoms with Gasteiger partial charge in [0.2, 0.25) is 0 Å². The molecule has 33 heavy (non-hydrogen) atoms. The van der Waals surface area contributed by atoms with Crippen molar-refractivity contribution in [1.29, 1.82) is 0 Å². The van der Waals surface area contributed by atoms with Gasteiger partial charge in [-0.2, -0.15) is 0 Å². The van der Waals surface area contributed by atoms with Crippen molar-refractivity contribution in [3.8, 4) is 5.75 Å². The molecule has 0 aromatic heterocycles. The van der Waals surface area contributed by atoms with Gasteiger partial charge in [0.15, 0.2) is 5.17 Å². The van der Waals surface area contributed by atoms with E-state index < -0.39 is 0 Å². The largest absolute Gasteiger partial charge is 0.489 e. The number of amidine groups is 1. The van der Waals surface area contributed by atoms with Crippen LogP contribution in [-0.2, 0) is 11.4 Å². The number of amides is 1. The van der Waals surface area contributed by atoms with E-state index in [4.69, 9.17) is 16.3 Å². The molecule has 1 amide bonds. The van der Waals surface area contributed by atoms with E-state index in [1.807, 2.05) is 60.7 Å². The number of hydrogen-bond donors (Lipinski definition) is 1. The van der Waals surface area contributed by atoms with Gasteiger partial charge in [0, 0.05) is 5.02 Å². The molecule has 0 unspecified atom stereocenters. The van der Waals surface area contributed by atoms with Crippen LogP contribution in [0.2, 0.25) is 5.02 Å². The Kier molecular flexibility index (Phi) is 6.15. The summed E-state index contributed by atoms with van der Waals surface area (Å²) in [7, 11) is 0. The van der Waals surface area contributed by atoms with Crippen molar-refractivity contribution >= 4 is 57.0 Å². The predicted molar refractivity (Wildman–Crippen MR) is 137 cm³/mol. The molecule has 1 aliphatic rings. The lowest BCUT2D eigenvalue weighted by atomic mass is 10.1. The number of halogens is 1. The van der Waals surface area contributed by atoms with E-state index in [0.29, 0.717) is 27.4 Å². The van der Waals surface area contributed by atoms with Gasteiger partial charge < -0.3 is 10.1 Å². The van der Waals surface area contributed by atoms with E-state index in [9.17, 15) is 4.79 Å². The average molecular weight is 471 g/mol. The van der Waals surface area contributed by atoms with Gasteiger partial charge in [-0.1, -0.05) is 72.3 Å².